The van der Waals surface area contributed by atoms with E-state index in [2.05, 4.69) is 27.0 Å². The third kappa shape index (κ3) is 5.17. The number of pyridine rings is 1. The molecule has 3 N–H and O–H groups in total. The summed E-state index contributed by atoms with van der Waals surface area (Å²) in [6, 6.07) is 16.5. The van der Waals surface area contributed by atoms with E-state index in [-0.39, 0.29) is 11.8 Å². The van der Waals surface area contributed by atoms with Gasteiger partial charge in [0, 0.05) is 35.7 Å². The molecule has 0 aliphatic heterocycles. The first-order chi connectivity index (χ1) is 13.4. The fourth-order valence-corrected chi connectivity index (χ4v) is 2.92. The topological polar surface area (TPSA) is 83.1 Å². The Balaban J connectivity index is 1.75. The van der Waals surface area contributed by atoms with Gasteiger partial charge in [0.1, 0.15) is 5.82 Å². The summed E-state index contributed by atoms with van der Waals surface area (Å²) in [5.41, 5.74) is 4.87. The van der Waals surface area contributed by atoms with E-state index in [1.807, 2.05) is 38.1 Å². The molecule has 6 heteroatoms. The van der Waals surface area contributed by atoms with Crippen LogP contribution in [-0.2, 0) is 4.79 Å². The normalized spacial score (nSPS) is 10.2. The van der Waals surface area contributed by atoms with E-state index in [0.29, 0.717) is 17.1 Å². The number of amides is 2. The van der Waals surface area contributed by atoms with Crippen LogP contribution in [0.4, 0.5) is 22.9 Å². The second-order valence-corrected chi connectivity index (χ2v) is 6.65. The van der Waals surface area contributed by atoms with Crippen molar-refractivity contribution in [3.8, 4) is 0 Å². The predicted molar refractivity (Wildman–Crippen MR) is 112 cm³/mol. The number of rotatable bonds is 5. The number of hydrogen-bond donors (Lipinski definition) is 3. The Morgan fingerprint density at radius 3 is 2.25 bits per heavy atom. The van der Waals surface area contributed by atoms with E-state index in [1.165, 1.54) is 6.92 Å². The lowest BCUT2D eigenvalue weighted by Crippen LogP contribution is -2.12. The van der Waals surface area contributed by atoms with E-state index < -0.39 is 0 Å². The van der Waals surface area contributed by atoms with E-state index in [1.54, 1.807) is 30.5 Å². The molecule has 0 fully saturated rings. The summed E-state index contributed by atoms with van der Waals surface area (Å²) in [6.07, 6.45) is 1.58. The first-order valence-corrected chi connectivity index (χ1v) is 8.89. The highest BCUT2D eigenvalue weighted by Gasteiger charge is 2.09. The maximum absolute atomic E-state index is 12.6. The molecule has 0 bridgehead atoms. The molecule has 0 radical (unpaired) electrons. The molecule has 3 rings (SSSR count). The van der Waals surface area contributed by atoms with Gasteiger partial charge in [-0.15, -0.1) is 0 Å². The van der Waals surface area contributed by atoms with Gasteiger partial charge in [0.25, 0.3) is 5.91 Å². The molecular formula is C22H22N4O2. The van der Waals surface area contributed by atoms with Gasteiger partial charge in [-0.25, -0.2) is 4.98 Å². The van der Waals surface area contributed by atoms with Crippen molar-refractivity contribution in [2.45, 2.75) is 20.8 Å². The number of aryl methyl sites for hydroxylation is 2. The van der Waals surface area contributed by atoms with Gasteiger partial charge in [0.2, 0.25) is 5.91 Å². The summed E-state index contributed by atoms with van der Waals surface area (Å²) in [4.78, 5) is 28.1. The van der Waals surface area contributed by atoms with Crippen LogP contribution in [0.3, 0.4) is 0 Å². The molecule has 0 saturated heterocycles. The fourth-order valence-electron chi connectivity index (χ4n) is 2.92. The lowest BCUT2D eigenvalue weighted by molar-refractivity contribution is -0.114. The van der Waals surface area contributed by atoms with Gasteiger partial charge < -0.3 is 16.0 Å². The van der Waals surface area contributed by atoms with Crippen LogP contribution < -0.4 is 16.0 Å². The molecule has 28 heavy (non-hydrogen) atoms. The van der Waals surface area contributed by atoms with Crippen LogP contribution in [0.2, 0.25) is 0 Å². The number of nitrogens with one attached hydrogen (secondary N) is 3. The zero-order valence-corrected chi connectivity index (χ0v) is 16.0. The molecule has 6 nitrogen and oxygen atoms in total. The Morgan fingerprint density at radius 2 is 1.54 bits per heavy atom. The molecule has 3 aromatic rings. The summed E-state index contributed by atoms with van der Waals surface area (Å²) < 4.78 is 0. The average Bonchev–Trinajstić information content (AvgIpc) is 2.61. The van der Waals surface area contributed by atoms with Crippen molar-refractivity contribution in [2.24, 2.45) is 0 Å². The van der Waals surface area contributed by atoms with E-state index in [4.69, 9.17) is 0 Å². The fraction of sp³-hybridized carbons (Fsp3) is 0.136. The van der Waals surface area contributed by atoms with Crippen molar-refractivity contribution < 1.29 is 9.59 Å². The third-order valence-electron chi connectivity index (χ3n) is 3.96. The summed E-state index contributed by atoms with van der Waals surface area (Å²) in [6.45, 7) is 5.44. The van der Waals surface area contributed by atoms with Gasteiger partial charge in [0.15, 0.2) is 0 Å². The monoisotopic (exact) mass is 374 g/mol. The Kier molecular flexibility index (Phi) is 5.69. The summed E-state index contributed by atoms with van der Waals surface area (Å²) in [5.74, 6) is 0.191. The van der Waals surface area contributed by atoms with Crippen molar-refractivity contribution in [1.29, 1.82) is 0 Å². The second kappa shape index (κ2) is 8.35. The Labute approximate surface area is 164 Å². The summed E-state index contributed by atoms with van der Waals surface area (Å²) in [5, 5.41) is 8.81. The van der Waals surface area contributed by atoms with Crippen LogP contribution in [0.15, 0.2) is 60.8 Å². The number of carbonyl (C=O) groups is 2. The first kappa shape index (κ1) is 19.1. The molecule has 0 unspecified atom stereocenters. The van der Waals surface area contributed by atoms with Crippen molar-refractivity contribution in [3.63, 3.8) is 0 Å². The van der Waals surface area contributed by atoms with Crippen LogP contribution >= 0.6 is 0 Å². The zero-order valence-electron chi connectivity index (χ0n) is 16.0. The lowest BCUT2D eigenvalue weighted by Gasteiger charge is -2.10. The van der Waals surface area contributed by atoms with Gasteiger partial charge >= 0.3 is 0 Å². The SMILES string of the molecule is CC(=O)Nc1cccc(Nc2cc(C(=O)Nc3cc(C)cc(C)c3)ccn2)c1. The Morgan fingerprint density at radius 1 is 0.821 bits per heavy atom. The molecule has 1 heterocycles. The minimum Gasteiger partial charge on any atom is -0.340 e. The molecule has 0 saturated carbocycles. The molecule has 0 spiro atoms. The highest BCUT2D eigenvalue weighted by atomic mass is 16.2. The third-order valence-corrected chi connectivity index (χ3v) is 3.96. The van der Waals surface area contributed by atoms with Crippen LogP contribution in [-0.4, -0.2) is 16.8 Å². The van der Waals surface area contributed by atoms with Crippen molar-refractivity contribution in [1.82, 2.24) is 4.98 Å². The number of anilines is 4. The summed E-state index contributed by atoms with van der Waals surface area (Å²) >= 11 is 0. The number of carbonyl (C=O) groups excluding carboxylic acids is 2. The quantitative estimate of drug-likeness (QED) is 0.607. The van der Waals surface area contributed by atoms with Crippen LogP contribution in [0.25, 0.3) is 0 Å². The van der Waals surface area contributed by atoms with E-state index in [0.717, 1.165) is 22.5 Å². The second-order valence-electron chi connectivity index (χ2n) is 6.65. The van der Waals surface area contributed by atoms with Gasteiger partial charge in [-0.3, -0.25) is 9.59 Å². The minimum absolute atomic E-state index is 0.139. The number of hydrogen-bond acceptors (Lipinski definition) is 4. The smallest absolute Gasteiger partial charge is 0.255 e. The maximum Gasteiger partial charge on any atom is 0.255 e. The molecule has 0 aliphatic rings. The molecule has 2 amide bonds. The average molecular weight is 374 g/mol. The maximum atomic E-state index is 12.6. The summed E-state index contributed by atoms with van der Waals surface area (Å²) in [7, 11) is 0. The highest BCUT2D eigenvalue weighted by molar-refractivity contribution is 6.04. The standard InChI is InChI=1S/C22H22N4O2/c1-14-9-15(2)11-20(10-14)26-22(28)17-7-8-23-21(12-17)25-19-6-4-5-18(13-19)24-16(3)27/h4-13H,1-3H3,(H,23,25)(H,24,27)(H,26,28). The molecular weight excluding hydrogens is 352 g/mol. The molecule has 1 aromatic heterocycles. The number of aromatic nitrogens is 1. The van der Waals surface area contributed by atoms with E-state index >= 15 is 0 Å². The molecule has 0 atom stereocenters. The van der Waals surface area contributed by atoms with Crippen molar-refractivity contribution in [2.75, 3.05) is 16.0 Å². The van der Waals surface area contributed by atoms with Crippen LogP contribution in [0.1, 0.15) is 28.4 Å². The van der Waals surface area contributed by atoms with Gasteiger partial charge in [0.05, 0.1) is 0 Å². The lowest BCUT2D eigenvalue weighted by atomic mass is 10.1. The number of benzene rings is 2. The Hall–Kier alpha value is -3.67. The van der Waals surface area contributed by atoms with Gasteiger partial charge in [-0.05, 0) is 67.4 Å². The molecule has 2 aromatic carbocycles. The highest BCUT2D eigenvalue weighted by Crippen LogP contribution is 2.20. The first-order valence-electron chi connectivity index (χ1n) is 8.89. The predicted octanol–water partition coefficient (Wildman–Crippen LogP) is 4.65. The largest absolute Gasteiger partial charge is 0.340 e. The Bertz CT molecular complexity index is 1010. The van der Waals surface area contributed by atoms with Gasteiger partial charge in [-0.2, -0.15) is 0 Å². The van der Waals surface area contributed by atoms with Crippen LogP contribution in [0.5, 0.6) is 0 Å². The number of nitrogens with zero attached hydrogens (tertiary/aromatic N) is 1. The van der Waals surface area contributed by atoms with Crippen LogP contribution in [0, 0.1) is 13.8 Å². The molecule has 142 valence electrons. The van der Waals surface area contributed by atoms with Gasteiger partial charge in [-0.1, -0.05) is 12.1 Å². The van der Waals surface area contributed by atoms with Crippen molar-refractivity contribution in [3.05, 3.63) is 77.5 Å². The minimum atomic E-state index is -0.206. The van der Waals surface area contributed by atoms with Crippen molar-refractivity contribution >= 4 is 34.7 Å². The van der Waals surface area contributed by atoms with E-state index in [9.17, 15) is 9.59 Å². The molecule has 0 aliphatic carbocycles. The zero-order chi connectivity index (χ0) is 20.1.